The zero-order valence-corrected chi connectivity index (χ0v) is 17.0. The van der Waals surface area contributed by atoms with Gasteiger partial charge >= 0.3 is 0 Å². The standard InChI is InChI=1S/C23H26N2OS/c1-15(2)14-21(26)25-13-12-19-18-6-4-5-7-20(18)24-22(19)23(25)16-8-10-17(27-3)11-9-16/h4-11,15,23-24H,12-14H2,1-3H3. The van der Waals surface area contributed by atoms with Crippen molar-refractivity contribution in [2.75, 3.05) is 12.8 Å². The van der Waals surface area contributed by atoms with Crippen molar-refractivity contribution in [1.82, 2.24) is 9.88 Å². The Hall–Kier alpha value is -2.20. The number of carbonyl (C=O) groups is 1. The Morgan fingerprint density at radius 2 is 1.93 bits per heavy atom. The number of aromatic nitrogens is 1. The third-order valence-corrected chi connectivity index (χ3v) is 6.11. The van der Waals surface area contributed by atoms with E-state index in [4.69, 9.17) is 0 Å². The number of amides is 1. The molecule has 2 heterocycles. The van der Waals surface area contributed by atoms with Crippen molar-refractivity contribution in [2.24, 2.45) is 5.92 Å². The van der Waals surface area contributed by atoms with Crippen molar-refractivity contribution in [3.8, 4) is 0 Å². The molecule has 1 aromatic heterocycles. The SMILES string of the molecule is CSc1ccc(C2c3[nH]c4ccccc4c3CCN2C(=O)CC(C)C)cc1. The third-order valence-electron chi connectivity index (χ3n) is 5.37. The van der Waals surface area contributed by atoms with Crippen molar-refractivity contribution < 1.29 is 4.79 Å². The van der Waals surface area contributed by atoms with Crippen LogP contribution in [-0.2, 0) is 11.2 Å². The number of fused-ring (bicyclic) bond motifs is 3. The van der Waals surface area contributed by atoms with Crippen LogP contribution < -0.4 is 0 Å². The number of carbonyl (C=O) groups excluding carboxylic acids is 1. The van der Waals surface area contributed by atoms with E-state index in [2.05, 4.69) is 78.5 Å². The summed E-state index contributed by atoms with van der Waals surface area (Å²) in [6, 6.07) is 17.1. The molecule has 140 valence electrons. The van der Waals surface area contributed by atoms with Gasteiger partial charge in [-0.05, 0) is 47.9 Å². The number of nitrogens with one attached hydrogen (secondary N) is 1. The summed E-state index contributed by atoms with van der Waals surface area (Å²) in [5.74, 6) is 0.606. The second kappa shape index (κ2) is 7.43. The largest absolute Gasteiger partial charge is 0.356 e. The fourth-order valence-corrected chi connectivity index (χ4v) is 4.52. The molecule has 0 radical (unpaired) electrons. The summed E-state index contributed by atoms with van der Waals surface area (Å²) in [4.78, 5) is 20.0. The minimum absolute atomic E-state index is 0.0386. The summed E-state index contributed by atoms with van der Waals surface area (Å²) < 4.78 is 0. The summed E-state index contributed by atoms with van der Waals surface area (Å²) in [6.07, 6.45) is 3.58. The molecule has 0 spiro atoms. The highest BCUT2D eigenvalue weighted by Gasteiger charge is 2.34. The molecule has 1 amide bonds. The van der Waals surface area contributed by atoms with Gasteiger partial charge in [0.2, 0.25) is 5.91 Å². The minimum atomic E-state index is -0.0386. The molecule has 3 nitrogen and oxygen atoms in total. The number of para-hydroxylation sites is 1. The minimum Gasteiger partial charge on any atom is -0.356 e. The molecule has 0 bridgehead atoms. The zero-order valence-electron chi connectivity index (χ0n) is 16.2. The van der Waals surface area contributed by atoms with Crippen LogP contribution in [0.1, 0.15) is 43.1 Å². The number of H-pyrrole nitrogens is 1. The summed E-state index contributed by atoms with van der Waals surface area (Å²) in [5.41, 5.74) is 4.87. The Bertz CT molecular complexity index is 958. The van der Waals surface area contributed by atoms with Gasteiger partial charge in [0.15, 0.2) is 0 Å². The summed E-state index contributed by atoms with van der Waals surface area (Å²) >= 11 is 1.74. The first-order chi connectivity index (χ1) is 13.1. The second-order valence-corrected chi connectivity index (χ2v) is 8.55. The van der Waals surface area contributed by atoms with Gasteiger partial charge in [0, 0.05) is 34.5 Å². The second-order valence-electron chi connectivity index (χ2n) is 7.67. The quantitative estimate of drug-likeness (QED) is 0.616. The maximum Gasteiger partial charge on any atom is 0.223 e. The van der Waals surface area contributed by atoms with Crippen molar-refractivity contribution >= 4 is 28.6 Å². The van der Waals surface area contributed by atoms with Gasteiger partial charge in [-0.3, -0.25) is 4.79 Å². The number of rotatable bonds is 4. The van der Waals surface area contributed by atoms with Gasteiger partial charge < -0.3 is 9.88 Å². The molecule has 1 N–H and O–H groups in total. The molecule has 4 rings (SSSR count). The average molecular weight is 379 g/mol. The monoisotopic (exact) mass is 378 g/mol. The molecule has 0 saturated carbocycles. The van der Waals surface area contributed by atoms with E-state index in [0.717, 1.165) is 18.5 Å². The van der Waals surface area contributed by atoms with Gasteiger partial charge in [-0.25, -0.2) is 0 Å². The molecule has 3 aromatic rings. The van der Waals surface area contributed by atoms with Crippen LogP contribution in [0.2, 0.25) is 0 Å². The first kappa shape index (κ1) is 18.2. The fraction of sp³-hybridized carbons (Fsp3) is 0.348. The van der Waals surface area contributed by atoms with Crippen LogP contribution in [-0.4, -0.2) is 28.6 Å². The van der Waals surface area contributed by atoms with Gasteiger partial charge in [0.25, 0.3) is 0 Å². The molecule has 0 fully saturated rings. The lowest BCUT2D eigenvalue weighted by molar-refractivity contribution is -0.134. The zero-order chi connectivity index (χ0) is 19.0. The normalized spacial score (nSPS) is 16.7. The Morgan fingerprint density at radius 3 is 2.63 bits per heavy atom. The maximum atomic E-state index is 13.0. The van der Waals surface area contributed by atoms with Crippen LogP contribution in [0.15, 0.2) is 53.4 Å². The van der Waals surface area contributed by atoms with E-state index in [1.807, 2.05) is 0 Å². The fourth-order valence-electron chi connectivity index (χ4n) is 4.11. The van der Waals surface area contributed by atoms with Crippen LogP contribution in [0.25, 0.3) is 10.9 Å². The topological polar surface area (TPSA) is 36.1 Å². The van der Waals surface area contributed by atoms with Crippen LogP contribution in [0.3, 0.4) is 0 Å². The van der Waals surface area contributed by atoms with Gasteiger partial charge in [-0.15, -0.1) is 11.8 Å². The molecule has 27 heavy (non-hydrogen) atoms. The predicted molar refractivity (Wildman–Crippen MR) is 113 cm³/mol. The molecule has 1 unspecified atom stereocenters. The van der Waals surface area contributed by atoms with Gasteiger partial charge in [-0.2, -0.15) is 0 Å². The number of aromatic amines is 1. The van der Waals surface area contributed by atoms with Crippen molar-refractivity contribution in [1.29, 1.82) is 0 Å². The van der Waals surface area contributed by atoms with E-state index < -0.39 is 0 Å². The van der Waals surface area contributed by atoms with E-state index in [1.54, 1.807) is 11.8 Å². The van der Waals surface area contributed by atoms with Crippen molar-refractivity contribution in [3.05, 3.63) is 65.4 Å². The Labute approximate surface area is 165 Å². The van der Waals surface area contributed by atoms with Crippen LogP contribution in [0.5, 0.6) is 0 Å². The number of hydrogen-bond acceptors (Lipinski definition) is 2. The number of hydrogen-bond donors (Lipinski definition) is 1. The lowest BCUT2D eigenvalue weighted by Gasteiger charge is -2.36. The van der Waals surface area contributed by atoms with E-state index in [1.165, 1.54) is 27.1 Å². The molecular formula is C23H26N2OS. The molecule has 0 aliphatic carbocycles. The number of thioether (sulfide) groups is 1. The highest BCUT2D eigenvalue weighted by molar-refractivity contribution is 7.98. The smallest absolute Gasteiger partial charge is 0.223 e. The van der Waals surface area contributed by atoms with E-state index in [9.17, 15) is 4.79 Å². The maximum absolute atomic E-state index is 13.0. The van der Waals surface area contributed by atoms with E-state index >= 15 is 0 Å². The lowest BCUT2D eigenvalue weighted by Crippen LogP contribution is -2.41. The summed E-state index contributed by atoms with van der Waals surface area (Å²) in [5, 5.41) is 1.29. The van der Waals surface area contributed by atoms with E-state index in [0.29, 0.717) is 12.3 Å². The third kappa shape index (κ3) is 3.39. The lowest BCUT2D eigenvalue weighted by atomic mass is 9.91. The van der Waals surface area contributed by atoms with Crippen LogP contribution in [0, 0.1) is 5.92 Å². The highest BCUT2D eigenvalue weighted by atomic mass is 32.2. The van der Waals surface area contributed by atoms with Crippen LogP contribution in [0.4, 0.5) is 0 Å². The first-order valence-corrected chi connectivity index (χ1v) is 10.8. The van der Waals surface area contributed by atoms with Gasteiger partial charge in [-0.1, -0.05) is 44.2 Å². The van der Waals surface area contributed by atoms with Gasteiger partial charge in [0.05, 0.1) is 6.04 Å². The Balaban J connectivity index is 1.83. The Morgan fingerprint density at radius 1 is 1.19 bits per heavy atom. The first-order valence-electron chi connectivity index (χ1n) is 9.61. The van der Waals surface area contributed by atoms with Crippen molar-refractivity contribution in [3.63, 3.8) is 0 Å². The van der Waals surface area contributed by atoms with Crippen molar-refractivity contribution in [2.45, 2.75) is 37.6 Å². The van der Waals surface area contributed by atoms with Crippen LogP contribution >= 0.6 is 11.8 Å². The van der Waals surface area contributed by atoms with Gasteiger partial charge in [0.1, 0.15) is 0 Å². The highest BCUT2D eigenvalue weighted by Crippen LogP contribution is 2.39. The molecule has 2 aromatic carbocycles. The van der Waals surface area contributed by atoms with E-state index in [-0.39, 0.29) is 11.9 Å². The summed E-state index contributed by atoms with van der Waals surface area (Å²) in [7, 11) is 0. The average Bonchev–Trinajstić information content (AvgIpc) is 3.05. The molecule has 1 aliphatic rings. The number of nitrogens with zero attached hydrogens (tertiary/aromatic N) is 1. The number of benzene rings is 2. The Kier molecular flexibility index (Phi) is 5.00. The molecule has 0 saturated heterocycles. The predicted octanol–water partition coefficient (Wildman–Crippen LogP) is 5.41. The molecule has 1 atom stereocenters. The molecular weight excluding hydrogens is 352 g/mol. The summed E-state index contributed by atoms with van der Waals surface area (Å²) in [6.45, 7) is 4.99. The molecule has 4 heteroatoms. The molecule has 1 aliphatic heterocycles.